The van der Waals surface area contributed by atoms with Gasteiger partial charge in [-0.1, -0.05) is 30.3 Å². The summed E-state index contributed by atoms with van der Waals surface area (Å²) >= 11 is 0. The van der Waals surface area contributed by atoms with Crippen molar-refractivity contribution in [3.8, 4) is 0 Å². The van der Waals surface area contributed by atoms with Crippen molar-refractivity contribution in [3.63, 3.8) is 0 Å². The molecule has 1 atom stereocenters. The molecule has 2 rings (SSSR count). The first-order valence-electron chi connectivity index (χ1n) is 6.29. The Hall–Kier alpha value is -2.29. The zero-order valence-electron chi connectivity index (χ0n) is 11.2. The third-order valence-electron chi connectivity index (χ3n) is 3.01. The van der Waals surface area contributed by atoms with Crippen molar-refractivity contribution in [2.24, 2.45) is 0 Å². The van der Waals surface area contributed by atoms with Crippen LogP contribution >= 0.6 is 0 Å². The van der Waals surface area contributed by atoms with E-state index in [9.17, 15) is 4.79 Å². The Morgan fingerprint density at radius 2 is 1.84 bits per heavy atom. The normalized spacial score (nSPS) is 11.9. The molecule has 0 radical (unpaired) electrons. The Bertz CT molecular complexity index is 558. The molecule has 3 nitrogen and oxygen atoms in total. The van der Waals surface area contributed by atoms with Crippen LogP contribution in [0.25, 0.3) is 0 Å². The molecule has 19 heavy (non-hydrogen) atoms. The molecule has 0 spiro atoms. The molecule has 0 saturated heterocycles. The zero-order chi connectivity index (χ0) is 13.8. The highest BCUT2D eigenvalue weighted by molar-refractivity contribution is 5.95. The summed E-state index contributed by atoms with van der Waals surface area (Å²) in [5.74, 6) is -0.105. The Labute approximate surface area is 113 Å². The van der Waals surface area contributed by atoms with E-state index in [1.165, 1.54) is 0 Å². The Kier molecular flexibility index (Phi) is 3.85. The van der Waals surface area contributed by atoms with Crippen molar-refractivity contribution in [2.75, 3.05) is 5.73 Å². The topological polar surface area (TPSA) is 55.1 Å². The monoisotopic (exact) mass is 254 g/mol. The Morgan fingerprint density at radius 3 is 2.47 bits per heavy atom. The van der Waals surface area contributed by atoms with E-state index in [0.29, 0.717) is 11.3 Å². The third-order valence-corrected chi connectivity index (χ3v) is 3.01. The number of hydrogen-bond acceptors (Lipinski definition) is 2. The van der Waals surface area contributed by atoms with Gasteiger partial charge in [0.1, 0.15) is 0 Å². The molecule has 98 valence electrons. The van der Waals surface area contributed by atoms with Crippen molar-refractivity contribution in [2.45, 2.75) is 19.9 Å². The fourth-order valence-electron chi connectivity index (χ4n) is 2.05. The number of benzene rings is 2. The molecule has 0 bridgehead atoms. The van der Waals surface area contributed by atoms with Crippen LogP contribution in [-0.2, 0) is 0 Å². The summed E-state index contributed by atoms with van der Waals surface area (Å²) < 4.78 is 0. The average molecular weight is 254 g/mol. The average Bonchev–Trinajstić information content (AvgIpc) is 2.38. The second-order valence-electron chi connectivity index (χ2n) is 4.74. The highest BCUT2D eigenvalue weighted by atomic mass is 16.1. The highest BCUT2D eigenvalue weighted by Gasteiger charge is 2.11. The minimum atomic E-state index is -0.105. The van der Waals surface area contributed by atoms with Crippen LogP contribution in [-0.4, -0.2) is 5.91 Å². The van der Waals surface area contributed by atoms with Crippen LogP contribution in [0.4, 0.5) is 5.69 Å². The number of amides is 1. The SMILES string of the molecule is Cc1cc(N)cc(C(=O)N[C@@H](C)c2ccccc2)c1. The lowest BCUT2D eigenvalue weighted by Gasteiger charge is -2.14. The molecule has 0 aliphatic heterocycles. The number of rotatable bonds is 3. The molecule has 1 amide bonds. The van der Waals surface area contributed by atoms with Crippen molar-refractivity contribution in [1.29, 1.82) is 0 Å². The summed E-state index contributed by atoms with van der Waals surface area (Å²) in [5, 5.41) is 2.97. The van der Waals surface area contributed by atoms with Gasteiger partial charge in [-0.15, -0.1) is 0 Å². The fourth-order valence-corrected chi connectivity index (χ4v) is 2.05. The van der Waals surface area contributed by atoms with Gasteiger partial charge in [0.05, 0.1) is 6.04 Å². The van der Waals surface area contributed by atoms with Crippen LogP contribution in [0.1, 0.15) is 34.5 Å². The number of carbonyl (C=O) groups is 1. The number of aryl methyl sites for hydroxylation is 1. The van der Waals surface area contributed by atoms with Gasteiger partial charge in [-0.2, -0.15) is 0 Å². The lowest BCUT2D eigenvalue weighted by atomic mass is 10.1. The maximum atomic E-state index is 12.2. The number of nitrogens with two attached hydrogens (primary N) is 1. The molecule has 2 aromatic carbocycles. The largest absolute Gasteiger partial charge is 0.399 e. The molecule has 0 aliphatic rings. The van der Waals surface area contributed by atoms with Crippen LogP contribution < -0.4 is 11.1 Å². The van der Waals surface area contributed by atoms with Gasteiger partial charge < -0.3 is 11.1 Å². The number of nitrogens with one attached hydrogen (secondary N) is 1. The third kappa shape index (κ3) is 3.35. The predicted molar refractivity (Wildman–Crippen MR) is 77.9 cm³/mol. The number of hydrogen-bond donors (Lipinski definition) is 2. The molecule has 0 fully saturated rings. The van der Waals surface area contributed by atoms with Crippen molar-refractivity contribution in [3.05, 3.63) is 65.2 Å². The van der Waals surface area contributed by atoms with Gasteiger partial charge in [-0.05, 0) is 43.2 Å². The van der Waals surface area contributed by atoms with Crippen LogP contribution in [0, 0.1) is 6.92 Å². The molecular weight excluding hydrogens is 236 g/mol. The van der Waals surface area contributed by atoms with E-state index in [1.807, 2.05) is 56.3 Å². The first-order valence-corrected chi connectivity index (χ1v) is 6.29. The van der Waals surface area contributed by atoms with E-state index in [1.54, 1.807) is 6.07 Å². The van der Waals surface area contributed by atoms with E-state index < -0.39 is 0 Å². The molecule has 0 heterocycles. The molecule has 0 aliphatic carbocycles. The molecule has 3 N–H and O–H groups in total. The maximum absolute atomic E-state index is 12.2. The maximum Gasteiger partial charge on any atom is 0.251 e. The molecule has 0 unspecified atom stereocenters. The van der Waals surface area contributed by atoms with Crippen molar-refractivity contribution >= 4 is 11.6 Å². The van der Waals surface area contributed by atoms with Crippen LogP contribution in [0.15, 0.2) is 48.5 Å². The van der Waals surface area contributed by atoms with Gasteiger partial charge in [-0.25, -0.2) is 0 Å². The lowest BCUT2D eigenvalue weighted by molar-refractivity contribution is 0.0940. The van der Waals surface area contributed by atoms with E-state index in [2.05, 4.69) is 5.32 Å². The highest BCUT2D eigenvalue weighted by Crippen LogP contribution is 2.15. The minimum Gasteiger partial charge on any atom is -0.399 e. The Balaban J connectivity index is 2.13. The quantitative estimate of drug-likeness (QED) is 0.827. The van der Waals surface area contributed by atoms with Crippen molar-refractivity contribution in [1.82, 2.24) is 5.32 Å². The minimum absolute atomic E-state index is 0.0320. The van der Waals surface area contributed by atoms with Crippen LogP contribution in [0.5, 0.6) is 0 Å². The molecule has 0 aromatic heterocycles. The first kappa shape index (κ1) is 13.1. The van der Waals surface area contributed by atoms with E-state index >= 15 is 0 Å². The fraction of sp³-hybridized carbons (Fsp3) is 0.188. The summed E-state index contributed by atoms with van der Waals surface area (Å²) in [5.41, 5.74) is 9.03. The molecule has 3 heteroatoms. The lowest BCUT2D eigenvalue weighted by Crippen LogP contribution is -2.26. The van der Waals surface area contributed by atoms with Gasteiger partial charge in [0.25, 0.3) is 5.91 Å². The van der Waals surface area contributed by atoms with Gasteiger partial charge >= 0.3 is 0 Å². The zero-order valence-corrected chi connectivity index (χ0v) is 11.2. The second kappa shape index (κ2) is 5.57. The number of nitrogen functional groups attached to an aromatic ring is 1. The van der Waals surface area contributed by atoms with Crippen LogP contribution in [0.3, 0.4) is 0 Å². The Morgan fingerprint density at radius 1 is 1.16 bits per heavy atom. The van der Waals surface area contributed by atoms with E-state index in [0.717, 1.165) is 11.1 Å². The number of carbonyl (C=O) groups excluding carboxylic acids is 1. The van der Waals surface area contributed by atoms with Gasteiger partial charge in [0.2, 0.25) is 0 Å². The van der Waals surface area contributed by atoms with E-state index in [4.69, 9.17) is 5.73 Å². The second-order valence-corrected chi connectivity index (χ2v) is 4.74. The smallest absolute Gasteiger partial charge is 0.251 e. The summed E-state index contributed by atoms with van der Waals surface area (Å²) in [6, 6.07) is 15.2. The van der Waals surface area contributed by atoms with E-state index in [-0.39, 0.29) is 11.9 Å². The summed E-state index contributed by atoms with van der Waals surface area (Å²) in [4.78, 5) is 12.2. The van der Waals surface area contributed by atoms with Crippen LogP contribution in [0.2, 0.25) is 0 Å². The number of anilines is 1. The molecule has 0 saturated carbocycles. The van der Waals surface area contributed by atoms with Gasteiger partial charge in [0.15, 0.2) is 0 Å². The summed E-state index contributed by atoms with van der Waals surface area (Å²) in [6.45, 7) is 3.89. The van der Waals surface area contributed by atoms with Gasteiger partial charge in [0, 0.05) is 11.3 Å². The summed E-state index contributed by atoms with van der Waals surface area (Å²) in [7, 11) is 0. The predicted octanol–water partition coefficient (Wildman–Crippen LogP) is 3.07. The molecular formula is C16H18N2O. The standard InChI is InChI=1S/C16H18N2O/c1-11-8-14(10-15(17)9-11)16(19)18-12(2)13-6-4-3-5-7-13/h3-10,12H,17H2,1-2H3,(H,18,19)/t12-/m0/s1. The first-order chi connectivity index (χ1) is 9.06. The van der Waals surface area contributed by atoms with Gasteiger partial charge in [-0.3, -0.25) is 4.79 Å². The molecule has 2 aromatic rings. The summed E-state index contributed by atoms with van der Waals surface area (Å²) in [6.07, 6.45) is 0. The van der Waals surface area contributed by atoms with Crippen molar-refractivity contribution < 1.29 is 4.79 Å².